The fraction of sp³-hybridized carbons (Fsp3) is 0.222. The SMILES string of the molecule is O=C(O)[C@@H](c1c(-c2ccccc2)[nH]c2ccccc12)N1CCN(Cc2ccccc2)CC1. The summed E-state index contributed by atoms with van der Waals surface area (Å²) < 4.78 is 0. The van der Waals surface area contributed by atoms with Gasteiger partial charge in [-0.25, -0.2) is 0 Å². The number of rotatable bonds is 6. The molecule has 0 unspecified atom stereocenters. The van der Waals surface area contributed by atoms with Crippen LogP contribution in [0.2, 0.25) is 0 Å². The number of piperazine rings is 1. The van der Waals surface area contributed by atoms with E-state index >= 15 is 0 Å². The zero-order valence-corrected chi connectivity index (χ0v) is 17.9. The second kappa shape index (κ2) is 8.99. The molecule has 32 heavy (non-hydrogen) atoms. The molecule has 162 valence electrons. The molecule has 0 spiro atoms. The molecule has 1 aliphatic heterocycles. The van der Waals surface area contributed by atoms with Gasteiger partial charge in [0.1, 0.15) is 6.04 Å². The molecule has 0 aliphatic carbocycles. The van der Waals surface area contributed by atoms with E-state index in [1.54, 1.807) is 0 Å². The predicted octanol–water partition coefficient (Wildman–Crippen LogP) is 4.78. The number of aliphatic carboxylic acids is 1. The first kappa shape index (κ1) is 20.5. The average Bonchev–Trinajstić information content (AvgIpc) is 3.21. The van der Waals surface area contributed by atoms with Gasteiger partial charge >= 0.3 is 5.97 Å². The van der Waals surface area contributed by atoms with Crippen LogP contribution in [0.4, 0.5) is 0 Å². The zero-order valence-electron chi connectivity index (χ0n) is 17.9. The summed E-state index contributed by atoms with van der Waals surface area (Å²) in [6, 6.07) is 27.8. The van der Waals surface area contributed by atoms with Crippen molar-refractivity contribution in [2.45, 2.75) is 12.6 Å². The lowest BCUT2D eigenvalue weighted by atomic mass is 9.97. The molecule has 3 aromatic carbocycles. The Morgan fingerprint density at radius 1 is 0.844 bits per heavy atom. The van der Waals surface area contributed by atoms with E-state index in [0.717, 1.165) is 60.4 Å². The van der Waals surface area contributed by atoms with Gasteiger partial charge in [-0.05, 0) is 17.2 Å². The Labute approximate surface area is 187 Å². The Balaban J connectivity index is 1.46. The van der Waals surface area contributed by atoms with Gasteiger partial charge in [-0.15, -0.1) is 0 Å². The van der Waals surface area contributed by atoms with Gasteiger partial charge in [0.15, 0.2) is 0 Å². The minimum atomic E-state index is -0.802. The number of benzene rings is 3. The number of para-hydroxylation sites is 1. The monoisotopic (exact) mass is 425 g/mol. The Morgan fingerprint density at radius 2 is 1.47 bits per heavy atom. The summed E-state index contributed by atoms with van der Waals surface area (Å²) in [6.45, 7) is 4.03. The molecule has 0 saturated carbocycles. The van der Waals surface area contributed by atoms with Gasteiger partial charge in [-0.2, -0.15) is 0 Å². The number of H-pyrrole nitrogens is 1. The highest BCUT2D eigenvalue weighted by Gasteiger charge is 2.34. The lowest BCUT2D eigenvalue weighted by Crippen LogP contribution is -2.48. The summed E-state index contributed by atoms with van der Waals surface area (Å²) in [7, 11) is 0. The quantitative estimate of drug-likeness (QED) is 0.467. The molecule has 5 heteroatoms. The summed E-state index contributed by atoms with van der Waals surface area (Å²) in [5.74, 6) is -0.802. The molecule has 5 rings (SSSR count). The maximum absolute atomic E-state index is 12.6. The molecule has 2 heterocycles. The van der Waals surface area contributed by atoms with Crippen molar-refractivity contribution in [3.8, 4) is 11.3 Å². The van der Waals surface area contributed by atoms with Crippen LogP contribution in [0.25, 0.3) is 22.2 Å². The van der Waals surface area contributed by atoms with Gasteiger partial charge < -0.3 is 10.1 Å². The van der Waals surface area contributed by atoms with E-state index in [2.05, 4.69) is 39.0 Å². The van der Waals surface area contributed by atoms with Crippen LogP contribution in [-0.4, -0.2) is 52.0 Å². The third-order valence-electron chi connectivity index (χ3n) is 6.34. The van der Waals surface area contributed by atoms with Crippen molar-refractivity contribution in [1.29, 1.82) is 0 Å². The molecule has 5 nitrogen and oxygen atoms in total. The Hall–Kier alpha value is -3.41. The molecule has 1 fully saturated rings. The number of aromatic amines is 1. The van der Waals surface area contributed by atoms with E-state index in [4.69, 9.17) is 0 Å². The maximum atomic E-state index is 12.6. The van der Waals surface area contributed by atoms with Crippen LogP contribution >= 0.6 is 0 Å². The third kappa shape index (κ3) is 4.05. The van der Waals surface area contributed by atoms with Crippen LogP contribution in [-0.2, 0) is 11.3 Å². The standard InChI is InChI=1S/C27H27N3O2/c31-27(32)26(30-17-15-29(16-18-30)19-20-9-3-1-4-10-20)24-22-13-7-8-14-23(22)28-25(24)21-11-5-2-6-12-21/h1-14,26,28H,15-19H2,(H,31,32)/t26-/m1/s1. The van der Waals surface area contributed by atoms with Crippen LogP contribution in [0.3, 0.4) is 0 Å². The first-order chi connectivity index (χ1) is 15.7. The largest absolute Gasteiger partial charge is 0.480 e. The highest BCUT2D eigenvalue weighted by molar-refractivity contribution is 5.95. The van der Waals surface area contributed by atoms with Crippen LogP contribution in [0.15, 0.2) is 84.9 Å². The lowest BCUT2D eigenvalue weighted by molar-refractivity contribution is -0.144. The fourth-order valence-electron chi connectivity index (χ4n) is 4.76. The summed E-state index contributed by atoms with van der Waals surface area (Å²) >= 11 is 0. The Morgan fingerprint density at radius 3 is 2.16 bits per heavy atom. The molecule has 2 N–H and O–H groups in total. The van der Waals surface area contributed by atoms with E-state index in [-0.39, 0.29) is 0 Å². The van der Waals surface area contributed by atoms with E-state index in [0.29, 0.717) is 0 Å². The number of nitrogens with one attached hydrogen (secondary N) is 1. The Bertz CT molecular complexity index is 1200. The third-order valence-corrected chi connectivity index (χ3v) is 6.34. The van der Waals surface area contributed by atoms with Crippen LogP contribution in [0.1, 0.15) is 17.2 Å². The van der Waals surface area contributed by atoms with Crippen molar-refractivity contribution in [2.24, 2.45) is 0 Å². The number of carboxylic acid groups (broad SMARTS) is 1. The van der Waals surface area contributed by atoms with Crippen molar-refractivity contribution in [3.05, 3.63) is 96.1 Å². The topological polar surface area (TPSA) is 59.6 Å². The lowest BCUT2D eigenvalue weighted by Gasteiger charge is -2.38. The van der Waals surface area contributed by atoms with Crippen molar-refractivity contribution in [3.63, 3.8) is 0 Å². The summed E-state index contributed by atoms with van der Waals surface area (Å²) in [6.07, 6.45) is 0. The van der Waals surface area contributed by atoms with Crippen molar-refractivity contribution >= 4 is 16.9 Å². The van der Waals surface area contributed by atoms with E-state index in [1.165, 1.54) is 5.56 Å². The zero-order chi connectivity index (χ0) is 21.9. The molecule has 1 aliphatic rings. The number of hydrogen-bond donors (Lipinski definition) is 2. The number of fused-ring (bicyclic) bond motifs is 1. The maximum Gasteiger partial charge on any atom is 0.325 e. The van der Waals surface area contributed by atoms with Crippen molar-refractivity contribution in [1.82, 2.24) is 14.8 Å². The highest BCUT2D eigenvalue weighted by atomic mass is 16.4. The van der Waals surface area contributed by atoms with Gasteiger partial charge in [0, 0.05) is 49.2 Å². The second-order valence-electron chi connectivity index (χ2n) is 8.36. The van der Waals surface area contributed by atoms with Crippen LogP contribution in [0.5, 0.6) is 0 Å². The van der Waals surface area contributed by atoms with Crippen LogP contribution in [0, 0.1) is 0 Å². The minimum Gasteiger partial charge on any atom is -0.480 e. The number of hydrogen-bond acceptors (Lipinski definition) is 3. The number of nitrogens with zero attached hydrogens (tertiary/aromatic N) is 2. The molecule has 1 aromatic heterocycles. The molecular weight excluding hydrogens is 398 g/mol. The predicted molar refractivity (Wildman–Crippen MR) is 127 cm³/mol. The first-order valence-corrected chi connectivity index (χ1v) is 11.1. The molecular formula is C27H27N3O2. The number of carboxylic acids is 1. The molecule has 0 bridgehead atoms. The molecule has 0 radical (unpaired) electrons. The van der Waals surface area contributed by atoms with E-state index in [1.807, 2.05) is 60.7 Å². The second-order valence-corrected chi connectivity index (χ2v) is 8.36. The molecule has 1 saturated heterocycles. The van der Waals surface area contributed by atoms with Gasteiger partial charge in [-0.3, -0.25) is 14.6 Å². The van der Waals surface area contributed by atoms with Gasteiger partial charge in [-0.1, -0.05) is 78.9 Å². The number of aromatic nitrogens is 1. The van der Waals surface area contributed by atoms with Crippen molar-refractivity contribution < 1.29 is 9.90 Å². The van der Waals surface area contributed by atoms with Gasteiger partial charge in [0.05, 0.1) is 5.69 Å². The minimum absolute atomic E-state index is 0.694. The molecule has 0 amide bonds. The summed E-state index contributed by atoms with van der Waals surface area (Å²) in [4.78, 5) is 20.6. The van der Waals surface area contributed by atoms with Gasteiger partial charge in [0.25, 0.3) is 0 Å². The summed E-state index contributed by atoms with van der Waals surface area (Å²) in [5.41, 5.74) is 5.02. The van der Waals surface area contributed by atoms with Crippen molar-refractivity contribution in [2.75, 3.05) is 26.2 Å². The average molecular weight is 426 g/mol. The van der Waals surface area contributed by atoms with Crippen LogP contribution < -0.4 is 0 Å². The highest BCUT2D eigenvalue weighted by Crippen LogP contribution is 2.37. The number of carbonyl (C=O) groups is 1. The summed E-state index contributed by atoms with van der Waals surface area (Å²) in [5, 5.41) is 11.3. The normalized spacial score (nSPS) is 16.2. The smallest absolute Gasteiger partial charge is 0.325 e. The first-order valence-electron chi connectivity index (χ1n) is 11.1. The Kier molecular flexibility index (Phi) is 5.75. The fourth-order valence-corrected chi connectivity index (χ4v) is 4.76. The van der Waals surface area contributed by atoms with E-state index < -0.39 is 12.0 Å². The van der Waals surface area contributed by atoms with Gasteiger partial charge in [0.2, 0.25) is 0 Å². The molecule has 1 atom stereocenters. The molecule has 4 aromatic rings. The van der Waals surface area contributed by atoms with E-state index in [9.17, 15) is 9.90 Å².